The van der Waals surface area contributed by atoms with Crippen LogP contribution in [0.4, 0.5) is 0 Å². The number of carbonyl (C=O) groups excluding carboxylic acids is 1. The Kier molecular flexibility index (Phi) is 7.55. The van der Waals surface area contributed by atoms with Crippen LogP contribution in [0, 0.1) is 5.92 Å². The van der Waals surface area contributed by atoms with E-state index < -0.39 is 0 Å². The highest BCUT2D eigenvalue weighted by atomic mass is 16.2. The van der Waals surface area contributed by atoms with Crippen LogP contribution in [-0.4, -0.2) is 77.4 Å². The fourth-order valence-corrected chi connectivity index (χ4v) is 5.56. The normalized spacial score (nSPS) is 24.6. The maximum absolute atomic E-state index is 13.3. The van der Waals surface area contributed by atoms with E-state index in [0.717, 1.165) is 31.2 Å². The number of likely N-dealkylation sites (tertiary alicyclic amines) is 2. The van der Waals surface area contributed by atoms with Gasteiger partial charge >= 0.3 is 0 Å². The highest BCUT2D eigenvalue weighted by Crippen LogP contribution is 2.28. The Hall–Kier alpha value is -1.46. The Morgan fingerprint density at radius 1 is 0.966 bits per heavy atom. The standard InChI is InChI=1S/C24H38N4O/c29-24(22-10-12-25-13-11-22)28(18-17-26-14-4-1-5-15-26)20-21-7-6-16-27(19-21)23-8-2-3-9-23/h10-13,21,23H,1-9,14-20H2. The minimum atomic E-state index is 0.183. The van der Waals surface area contributed by atoms with E-state index in [-0.39, 0.29) is 5.91 Å². The molecule has 3 fully saturated rings. The topological polar surface area (TPSA) is 39.7 Å². The van der Waals surface area contributed by atoms with E-state index in [1.165, 1.54) is 84.0 Å². The molecule has 4 rings (SSSR count). The molecule has 29 heavy (non-hydrogen) atoms. The van der Waals surface area contributed by atoms with Crippen LogP contribution in [0.3, 0.4) is 0 Å². The number of piperidine rings is 2. The predicted molar refractivity (Wildman–Crippen MR) is 117 cm³/mol. The summed E-state index contributed by atoms with van der Waals surface area (Å²) in [4.78, 5) is 24.8. The molecule has 1 atom stereocenters. The van der Waals surface area contributed by atoms with E-state index in [2.05, 4.69) is 19.7 Å². The summed E-state index contributed by atoms with van der Waals surface area (Å²) in [7, 11) is 0. The van der Waals surface area contributed by atoms with Crippen molar-refractivity contribution < 1.29 is 4.79 Å². The molecular formula is C24H38N4O. The lowest BCUT2D eigenvalue weighted by Crippen LogP contribution is -2.47. The van der Waals surface area contributed by atoms with Crippen molar-refractivity contribution in [2.45, 2.75) is 63.8 Å². The van der Waals surface area contributed by atoms with Gasteiger partial charge in [0.15, 0.2) is 0 Å². The second-order valence-electron chi connectivity index (χ2n) is 9.33. The third kappa shape index (κ3) is 5.79. The largest absolute Gasteiger partial charge is 0.337 e. The zero-order valence-electron chi connectivity index (χ0n) is 18.0. The number of nitrogens with zero attached hydrogens (tertiary/aromatic N) is 4. The van der Waals surface area contributed by atoms with Crippen LogP contribution < -0.4 is 0 Å². The van der Waals surface area contributed by atoms with E-state index >= 15 is 0 Å². The molecule has 3 heterocycles. The summed E-state index contributed by atoms with van der Waals surface area (Å²) in [5, 5.41) is 0. The van der Waals surface area contributed by atoms with Gasteiger partial charge in [-0.3, -0.25) is 9.78 Å². The third-order valence-corrected chi connectivity index (χ3v) is 7.22. The summed E-state index contributed by atoms with van der Waals surface area (Å²) in [5.41, 5.74) is 0.780. The number of hydrogen-bond acceptors (Lipinski definition) is 4. The fraction of sp³-hybridized carbons (Fsp3) is 0.750. The van der Waals surface area contributed by atoms with Gasteiger partial charge in [-0.15, -0.1) is 0 Å². The van der Waals surface area contributed by atoms with E-state index in [9.17, 15) is 4.79 Å². The average molecular weight is 399 g/mol. The van der Waals surface area contributed by atoms with Crippen LogP contribution in [0.2, 0.25) is 0 Å². The van der Waals surface area contributed by atoms with Gasteiger partial charge in [0.2, 0.25) is 0 Å². The van der Waals surface area contributed by atoms with Gasteiger partial charge in [0.05, 0.1) is 0 Å². The Balaban J connectivity index is 1.38. The lowest BCUT2D eigenvalue weighted by atomic mass is 9.95. The molecule has 1 aliphatic carbocycles. The van der Waals surface area contributed by atoms with Crippen molar-refractivity contribution in [3.63, 3.8) is 0 Å². The van der Waals surface area contributed by atoms with E-state index in [4.69, 9.17) is 0 Å². The van der Waals surface area contributed by atoms with Crippen molar-refractivity contribution in [2.24, 2.45) is 5.92 Å². The second kappa shape index (κ2) is 10.5. The highest BCUT2D eigenvalue weighted by molar-refractivity contribution is 5.94. The van der Waals surface area contributed by atoms with Crippen molar-refractivity contribution in [1.82, 2.24) is 19.7 Å². The first-order valence-corrected chi connectivity index (χ1v) is 12.0. The lowest BCUT2D eigenvalue weighted by molar-refractivity contribution is 0.0609. The van der Waals surface area contributed by atoms with E-state index in [0.29, 0.717) is 5.92 Å². The third-order valence-electron chi connectivity index (χ3n) is 7.22. The summed E-state index contributed by atoms with van der Waals surface area (Å²) in [6.45, 7) is 7.57. The molecule has 1 unspecified atom stereocenters. The van der Waals surface area contributed by atoms with Crippen LogP contribution in [0.25, 0.3) is 0 Å². The van der Waals surface area contributed by atoms with Gasteiger partial charge in [0.25, 0.3) is 5.91 Å². The van der Waals surface area contributed by atoms with E-state index in [1.807, 2.05) is 12.1 Å². The summed E-state index contributed by atoms with van der Waals surface area (Å²) < 4.78 is 0. The summed E-state index contributed by atoms with van der Waals surface area (Å²) in [6.07, 6.45) is 15.5. The Morgan fingerprint density at radius 2 is 1.72 bits per heavy atom. The minimum absolute atomic E-state index is 0.183. The molecule has 3 aliphatic rings. The van der Waals surface area contributed by atoms with Crippen LogP contribution >= 0.6 is 0 Å². The molecule has 0 bridgehead atoms. The molecule has 2 aliphatic heterocycles. The number of hydrogen-bond donors (Lipinski definition) is 0. The molecule has 1 amide bonds. The number of rotatable bonds is 7. The van der Waals surface area contributed by atoms with Gasteiger partial charge in [-0.05, 0) is 76.2 Å². The molecule has 0 radical (unpaired) electrons. The SMILES string of the molecule is O=C(c1ccncc1)N(CCN1CCCCC1)CC1CCCN(C2CCCC2)C1. The molecule has 1 aromatic rings. The molecular weight excluding hydrogens is 360 g/mol. The van der Waals surface area contributed by atoms with Gasteiger partial charge in [-0.2, -0.15) is 0 Å². The molecule has 1 aromatic heterocycles. The fourth-order valence-electron chi connectivity index (χ4n) is 5.56. The molecule has 0 N–H and O–H groups in total. The van der Waals surface area contributed by atoms with E-state index in [1.54, 1.807) is 12.4 Å². The lowest BCUT2D eigenvalue weighted by Gasteiger charge is -2.39. The summed E-state index contributed by atoms with van der Waals surface area (Å²) >= 11 is 0. The Labute approximate surface area is 176 Å². The highest BCUT2D eigenvalue weighted by Gasteiger charge is 2.30. The zero-order valence-corrected chi connectivity index (χ0v) is 18.0. The zero-order chi connectivity index (χ0) is 19.9. The minimum Gasteiger partial charge on any atom is -0.337 e. The van der Waals surface area contributed by atoms with Crippen molar-refractivity contribution in [3.8, 4) is 0 Å². The Bertz CT molecular complexity index is 625. The molecule has 160 valence electrons. The number of pyridine rings is 1. The van der Waals surface area contributed by atoms with Crippen LogP contribution in [0.15, 0.2) is 24.5 Å². The molecule has 1 saturated carbocycles. The van der Waals surface area contributed by atoms with Crippen molar-refractivity contribution in [1.29, 1.82) is 0 Å². The van der Waals surface area contributed by atoms with Gasteiger partial charge < -0.3 is 14.7 Å². The van der Waals surface area contributed by atoms with Gasteiger partial charge in [0.1, 0.15) is 0 Å². The quantitative estimate of drug-likeness (QED) is 0.703. The average Bonchev–Trinajstić information content (AvgIpc) is 3.33. The first kappa shape index (κ1) is 20.8. The molecule has 5 nitrogen and oxygen atoms in total. The predicted octanol–water partition coefficient (Wildman–Crippen LogP) is 3.66. The second-order valence-corrected chi connectivity index (χ2v) is 9.33. The monoisotopic (exact) mass is 398 g/mol. The van der Waals surface area contributed by atoms with Gasteiger partial charge in [-0.1, -0.05) is 19.3 Å². The molecule has 0 spiro atoms. The maximum Gasteiger partial charge on any atom is 0.254 e. The molecule has 0 aromatic carbocycles. The molecule has 2 saturated heterocycles. The van der Waals surface area contributed by atoms with Crippen LogP contribution in [0.1, 0.15) is 68.1 Å². The maximum atomic E-state index is 13.3. The summed E-state index contributed by atoms with van der Waals surface area (Å²) in [6, 6.07) is 4.53. The first-order valence-electron chi connectivity index (χ1n) is 12.0. The summed E-state index contributed by atoms with van der Waals surface area (Å²) in [5.74, 6) is 0.791. The van der Waals surface area contributed by atoms with Gasteiger partial charge in [-0.25, -0.2) is 0 Å². The number of amides is 1. The first-order chi connectivity index (χ1) is 14.3. The van der Waals surface area contributed by atoms with Crippen molar-refractivity contribution >= 4 is 5.91 Å². The number of carbonyl (C=O) groups is 1. The van der Waals surface area contributed by atoms with Gasteiger partial charge in [0, 0.05) is 50.2 Å². The number of aromatic nitrogens is 1. The van der Waals surface area contributed by atoms with Crippen LogP contribution in [0.5, 0.6) is 0 Å². The van der Waals surface area contributed by atoms with Crippen molar-refractivity contribution in [2.75, 3.05) is 45.8 Å². The molecule has 5 heteroatoms. The smallest absolute Gasteiger partial charge is 0.254 e. The Morgan fingerprint density at radius 3 is 2.48 bits per heavy atom. The van der Waals surface area contributed by atoms with Crippen molar-refractivity contribution in [3.05, 3.63) is 30.1 Å². The van der Waals surface area contributed by atoms with Crippen LogP contribution in [-0.2, 0) is 0 Å².